The average Bonchev–Trinajstić information content (AvgIpc) is 2.65. The topological polar surface area (TPSA) is 29.0 Å². The lowest BCUT2D eigenvalue weighted by Gasteiger charge is -2.18. The predicted molar refractivity (Wildman–Crippen MR) is 53.4 cm³/mol. The number of nitrogens with zero attached hydrogens (tertiary/aromatic N) is 3. The molecule has 1 fully saturated rings. The molecule has 1 aliphatic rings. The molecule has 16 heavy (non-hydrogen) atoms. The highest BCUT2D eigenvalue weighted by Gasteiger charge is 2.43. The molecular weight excluding hydrogens is 243 g/mol. The van der Waals surface area contributed by atoms with Gasteiger partial charge in [0.05, 0.1) is 5.92 Å². The SMILES string of the molecule is FC(F)(F)[C@@H]1CCN(c2cc(Cl)ncn2)C1. The summed E-state index contributed by atoms with van der Waals surface area (Å²) in [5, 5.41) is 0.237. The molecule has 0 N–H and O–H groups in total. The molecule has 0 aliphatic carbocycles. The number of hydrogen-bond acceptors (Lipinski definition) is 3. The average molecular weight is 252 g/mol. The van der Waals surface area contributed by atoms with Crippen molar-refractivity contribution in [3.8, 4) is 0 Å². The molecule has 7 heteroatoms. The van der Waals surface area contributed by atoms with Crippen LogP contribution in [0.5, 0.6) is 0 Å². The minimum Gasteiger partial charge on any atom is -0.356 e. The van der Waals surface area contributed by atoms with Gasteiger partial charge in [-0.05, 0) is 6.42 Å². The van der Waals surface area contributed by atoms with Crippen molar-refractivity contribution in [1.29, 1.82) is 0 Å². The first kappa shape index (κ1) is 11.4. The highest BCUT2D eigenvalue weighted by Crippen LogP contribution is 2.34. The van der Waals surface area contributed by atoms with E-state index in [2.05, 4.69) is 9.97 Å². The zero-order valence-electron chi connectivity index (χ0n) is 8.21. The second kappa shape index (κ2) is 4.08. The molecule has 1 aliphatic heterocycles. The molecular formula is C9H9ClF3N3. The third kappa shape index (κ3) is 2.37. The number of anilines is 1. The molecule has 1 aromatic rings. The third-order valence-electron chi connectivity index (χ3n) is 2.59. The van der Waals surface area contributed by atoms with Gasteiger partial charge in [0.25, 0.3) is 0 Å². The highest BCUT2D eigenvalue weighted by molar-refractivity contribution is 6.29. The molecule has 0 saturated carbocycles. The van der Waals surface area contributed by atoms with Gasteiger partial charge in [0, 0.05) is 19.2 Å². The second-order valence-electron chi connectivity index (χ2n) is 3.67. The molecule has 0 amide bonds. The fourth-order valence-electron chi connectivity index (χ4n) is 1.73. The van der Waals surface area contributed by atoms with E-state index in [0.717, 1.165) is 0 Å². The summed E-state index contributed by atoms with van der Waals surface area (Å²) in [4.78, 5) is 9.16. The lowest BCUT2D eigenvalue weighted by molar-refractivity contribution is -0.168. The van der Waals surface area contributed by atoms with Crippen LogP contribution in [0.2, 0.25) is 5.15 Å². The van der Waals surface area contributed by atoms with Crippen LogP contribution in [0.4, 0.5) is 19.0 Å². The smallest absolute Gasteiger partial charge is 0.356 e. The Morgan fingerprint density at radius 3 is 2.69 bits per heavy atom. The number of aromatic nitrogens is 2. The highest BCUT2D eigenvalue weighted by atomic mass is 35.5. The summed E-state index contributed by atoms with van der Waals surface area (Å²) in [5.41, 5.74) is 0. The van der Waals surface area contributed by atoms with Gasteiger partial charge in [-0.25, -0.2) is 9.97 Å². The Bertz CT molecular complexity index is 383. The normalized spacial score (nSPS) is 21.5. The largest absolute Gasteiger partial charge is 0.393 e. The van der Waals surface area contributed by atoms with Crippen molar-refractivity contribution in [2.24, 2.45) is 5.92 Å². The fourth-order valence-corrected chi connectivity index (χ4v) is 1.87. The van der Waals surface area contributed by atoms with Gasteiger partial charge in [-0.3, -0.25) is 0 Å². The van der Waals surface area contributed by atoms with Crippen molar-refractivity contribution in [3.05, 3.63) is 17.5 Å². The summed E-state index contributed by atoms with van der Waals surface area (Å²) in [6.45, 7) is 0.286. The van der Waals surface area contributed by atoms with E-state index in [0.29, 0.717) is 12.4 Å². The van der Waals surface area contributed by atoms with E-state index in [1.807, 2.05) is 0 Å². The number of hydrogen-bond donors (Lipinski definition) is 0. The quantitative estimate of drug-likeness (QED) is 0.718. The fraction of sp³-hybridized carbons (Fsp3) is 0.556. The maximum absolute atomic E-state index is 12.4. The van der Waals surface area contributed by atoms with Crippen LogP contribution in [0.25, 0.3) is 0 Å². The van der Waals surface area contributed by atoms with Gasteiger partial charge >= 0.3 is 6.18 Å². The summed E-state index contributed by atoms with van der Waals surface area (Å²) in [6.07, 6.45) is -2.78. The first-order chi connectivity index (χ1) is 7.47. The standard InChI is InChI=1S/C9H9ClF3N3/c10-7-3-8(15-5-14-7)16-2-1-6(4-16)9(11,12)13/h3,5-6H,1-2,4H2/t6-/m1/s1. The Balaban J connectivity index is 2.09. The van der Waals surface area contributed by atoms with Crippen LogP contribution in [0, 0.1) is 5.92 Å². The Labute approximate surface area is 95.2 Å². The van der Waals surface area contributed by atoms with Crippen LogP contribution in [0.15, 0.2) is 12.4 Å². The first-order valence-electron chi connectivity index (χ1n) is 4.76. The summed E-state index contributed by atoms with van der Waals surface area (Å²) in [6, 6.07) is 1.47. The zero-order valence-corrected chi connectivity index (χ0v) is 8.96. The van der Waals surface area contributed by atoms with Gasteiger partial charge in [0.2, 0.25) is 0 Å². The minimum absolute atomic E-state index is 0.0587. The van der Waals surface area contributed by atoms with Crippen molar-refractivity contribution >= 4 is 17.4 Å². The van der Waals surface area contributed by atoms with E-state index in [1.165, 1.54) is 12.4 Å². The van der Waals surface area contributed by atoms with Gasteiger partial charge in [0.15, 0.2) is 0 Å². The summed E-state index contributed by atoms with van der Waals surface area (Å²) in [7, 11) is 0. The zero-order chi connectivity index (χ0) is 11.8. The van der Waals surface area contributed by atoms with E-state index < -0.39 is 12.1 Å². The summed E-state index contributed by atoms with van der Waals surface area (Å²) < 4.78 is 37.3. The number of rotatable bonds is 1. The number of alkyl halides is 3. The molecule has 88 valence electrons. The molecule has 0 unspecified atom stereocenters. The number of halogens is 4. The van der Waals surface area contributed by atoms with Gasteiger partial charge in [-0.2, -0.15) is 13.2 Å². The molecule has 1 aromatic heterocycles. The lowest BCUT2D eigenvalue weighted by Crippen LogP contribution is -2.27. The maximum Gasteiger partial charge on any atom is 0.393 e. The molecule has 1 atom stereocenters. The van der Waals surface area contributed by atoms with Crippen LogP contribution >= 0.6 is 11.6 Å². The third-order valence-corrected chi connectivity index (χ3v) is 2.80. The van der Waals surface area contributed by atoms with Crippen molar-refractivity contribution in [2.75, 3.05) is 18.0 Å². The first-order valence-corrected chi connectivity index (χ1v) is 5.14. The van der Waals surface area contributed by atoms with Crippen LogP contribution in [-0.2, 0) is 0 Å². The van der Waals surface area contributed by atoms with Crippen LogP contribution in [0.3, 0.4) is 0 Å². The Morgan fingerprint density at radius 2 is 2.12 bits per heavy atom. The second-order valence-corrected chi connectivity index (χ2v) is 4.06. The van der Waals surface area contributed by atoms with Gasteiger partial charge in [-0.15, -0.1) is 0 Å². The molecule has 2 rings (SSSR count). The van der Waals surface area contributed by atoms with Crippen LogP contribution in [0.1, 0.15) is 6.42 Å². The Morgan fingerprint density at radius 1 is 1.38 bits per heavy atom. The van der Waals surface area contributed by atoms with Crippen LogP contribution < -0.4 is 4.90 Å². The molecule has 1 saturated heterocycles. The van der Waals surface area contributed by atoms with E-state index in [9.17, 15) is 13.2 Å². The van der Waals surface area contributed by atoms with Crippen LogP contribution in [-0.4, -0.2) is 29.2 Å². The molecule has 0 bridgehead atoms. The molecule has 3 nitrogen and oxygen atoms in total. The van der Waals surface area contributed by atoms with Gasteiger partial charge < -0.3 is 4.90 Å². The monoisotopic (exact) mass is 251 g/mol. The van der Waals surface area contributed by atoms with E-state index >= 15 is 0 Å². The van der Waals surface area contributed by atoms with Crippen molar-refractivity contribution < 1.29 is 13.2 Å². The summed E-state index contributed by atoms with van der Waals surface area (Å²) >= 11 is 5.65. The maximum atomic E-state index is 12.4. The predicted octanol–water partition coefficient (Wildman–Crippen LogP) is 2.52. The molecule has 2 heterocycles. The Hall–Kier alpha value is -1.04. The van der Waals surface area contributed by atoms with Crippen molar-refractivity contribution in [2.45, 2.75) is 12.6 Å². The molecule has 0 radical (unpaired) electrons. The molecule has 0 aromatic carbocycles. The summed E-state index contributed by atoms with van der Waals surface area (Å²) in [5.74, 6) is -0.826. The minimum atomic E-state index is -4.13. The Kier molecular flexibility index (Phi) is 2.92. The van der Waals surface area contributed by atoms with Gasteiger partial charge in [0.1, 0.15) is 17.3 Å². The van der Waals surface area contributed by atoms with E-state index in [4.69, 9.17) is 11.6 Å². The lowest BCUT2D eigenvalue weighted by atomic mass is 10.1. The van der Waals surface area contributed by atoms with E-state index in [1.54, 1.807) is 4.90 Å². The van der Waals surface area contributed by atoms with Crippen molar-refractivity contribution in [1.82, 2.24) is 9.97 Å². The van der Waals surface area contributed by atoms with Crippen molar-refractivity contribution in [3.63, 3.8) is 0 Å². The molecule has 0 spiro atoms. The van der Waals surface area contributed by atoms with Gasteiger partial charge in [-0.1, -0.05) is 11.6 Å². The van der Waals surface area contributed by atoms with E-state index in [-0.39, 0.29) is 18.1 Å².